The fourth-order valence-corrected chi connectivity index (χ4v) is 3.56. The summed E-state index contributed by atoms with van der Waals surface area (Å²) in [7, 11) is 0. The number of rotatable bonds is 7. The van der Waals surface area contributed by atoms with Crippen LogP contribution in [0.3, 0.4) is 0 Å². The molecule has 4 aromatic rings. The van der Waals surface area contributed by atoms with Crippen molar-refractivity contribution in [2.45, 2.75) is 19.5 Å². The highest BCUT2D eigenvalue weighted by molar-refractivity contribution is 6.33. The van der Waals surface area contributed by atoms with Crippen molar-refractivity contribution in [1.82, 2.24) is 29.5 Å². The fraction of sp³-hybridized carbons (Fsp3) is 0.143. The van der Waals surface area contributed by atoms with Crippen LogP contribution < -0.4 is 16.1 Å². The van der Waals surface area contributed by atoms with Crippen LogP contribution in [0.15, 0.2) is 55.2 Å². The Morgan fingerprint density at radius 2 is 1.88 bits per heavy atom. The lowest BCUT2D eigenvalue weighted by Crippen LogP contribution is -2.33. The van der Waals surface area contributed by atoms with Crippen LogP contribution in [-0.2, 0) is 11.3 Å². The molecule has 174 valence electrons. The van der Waals surface area contributed by atoms with E-state index in [1.54, 1.807) is 0 Å². The molecular formula is C21H19ClN8O4. The van der Waals surface area contributed by atoms with Gasteiger partial charge in [-0.2, -0.15) is 0 Å². The zero-order chi connectivity index (χ0) is 24.2. The normalized spacial score (nSPS) is 11.7. The van der Waals surface area contributed by atoms with Crippen molar-refractivity contribution in [2.24, 2.45) is 0 Å². The molecular weight excluding hydrogens is 464 g/mol. The molecule has 0 radical (unpaired) electrons. The molecule has 12 nitrogen and oxygen atoms in total. The quantitative estimate of drug-likeness (QED) is 0.315. The van der Waals surface area contributed by atoms with Crippen LogP contribution >= 0.6 is 11.6 Å². The summed E-state index contributed by atoms with van der Waals surface area (Å²) in [6.07, 6.45) is 2.66. The molecule has 1 atom stereocenters. The number of hydrogen-bond acceptors (Lipinski definition) is 6. The Labute approximate surface area is 197 Å². The highest BCUT2D eigenvalue weighted by atomic mass is 35.5. The minimum atomic E-state index is -1.30. The van der Waals surface area contributed by atoms with E-state index in [0.717, 1.165) is 11.9 Å². The van der Waals surface area contributed by atoms with E-state index in [1.165, 1.54) is 27.8 Å². The summed E-state index contributed by atoms with van der Waals surface area (Å²) in [4.78, 5) is 48.5. The number of halogens is 1. The zero-order valence-electron chi connectivity index (χ0n) is 17.8. The molecule has 0 fully saturated rings. The molecule has 0 bridgehead atoms. The maximum atomic E-state index is 12.9. The van der Waals surface area contributed by atoms with E-state index in [4.69, 9.17) is 16.7 Å². The average molecular weight is 483 g/mol. The number of carboxylic acid groups (broad SMARTS) is 1. The predicted molar refractivity (Wildman–Crippen MR) is 123 cm³/mol. The lowest BCUT2D eigenvalue weighted by molar-refractivity contribution is -0.117. The number of imidazole rings is 1. The summed E-state index contributed by atoms with van der Waals surface area (Å²) in [5, 5.41) is 14.1. The standard InChI is InChI=1S/C21H19ClN8O4/c1-12(13-5-3-2-4-6-13)26-20(32)17-14(22)7-8-30(17)28-15(31)9-29-11-25-16-18(27-21(33)34)23-10-24-19(16)29/h2-8,10-12H,9H2,1H3,(H,26,32)(H,28,31)(H,33,34)(H,23,24,27)/t12-/m0/s1. The molecule has 1 aromatic carbocycles. The second kappa shape index (κ2) is 9.58. The van der Waals surface area contributed by atoms with E-state index in [9.17, 15) is 14.4 Å². The van der Waals surface area contributed by atoms with Gasteiger partial charge in [0.25, 0.3) is 11.8 Å². The molecule has 13 heteroatoms. The highest BCUT2D eigenvalue weighted by Gasteiger charge is 2.20. The van der Waals surface area contributed by atoms with Gasteiger partial charge in [-0.15, -0.1) is 0 Å². The van der Waals surface area contributed by atoms with E-state index in [-0.39, 0.29) is 40.3 Å². The SMILES string of the molecule is C[C@H](NC(=O)c1c(Cl)ccn1NC(=O)Cn1cnc2c(NC(=O)O)ncnc21)c1ccccc1. The first kappa shape index (κ1) is 22.7. The van der Waals surface area contributed by atoms with Crippen LogP contribution in [0.4, 0.5) is 10.6 Å². The van der Waals surface area contributed by atoms with Gasteiger partial charge in [-0.3, -0.25) is 25.0 Å². The summed E-state index contributed by atoms with van der Waals surface area (Å²) in [5.74, 6) is -0.958. The second-order valence-electron chi connectivity index (χ2n) is 7.22. The molecule has 3 heterocycles. The molecule has 0 aliphatic heterocycles. The first-order valence-corrected chi connectivity index (χ1v) is 10.4. The Morgan fingerprint density at radius 3 is 2.62 bits per heavy atom. The van der Waals surface area contributed by atoms with Gasteiger partial charge < -0.3 is 15.0 Å². The van der Waals surface area contributed by atoms with Crippen molar-refractivity contribution in [2.75, 3.05) is 10.7 Å². The van der Waals surface area contributed by atoms with Crippen LogP contribution in [0.25, 0.3) is 11.2 Å². The van der Waals surface area contributed by atoms with Gasteiger partial charge in [0.15, 0.2) is 17.0 Å². The summed E-state index contributed by atoms with van der Waals surface area (Å²) >= 11 is 6.21. The lowest BCUT2D eigenvalue weighted by Gasteiger charge is -2.16. The summed E-state index contributed by atoms with van der Waals surface area (Å²) in [6.45, 7) is 1.63. The van der Waals surface area contributed by atoms with Gasteiger partial charge in [0.1, 0.15) is 18.6 Å². The molecule has 0 unspecified atom stereocenters. The van der Waals surface area contributed by atoms with Crippen molar-refractivity contribution >= 4 is 46.5 Å². The molecule has 34 heavy (non-hydrogen) atoms. The minimum Gasteiger partial charge on any atom is -0.465 e. The van der Waals surface area contributed by atoms with Gasteiger partial charge in [0.05, 0.1) is 17.4 Å². The largest absolute Gasteiger partial charge is 0.465 e. The Kier molecular flexibility index (Phi) is 6.41. The number of benzene rings is 1. The van der Waals surface area contributed by atoms with Gasteiger partial charge in [0.2, 0.25) is 0 Å². The van der Waals surface area contributed by atoms with Gasteiger partial charge in [0, 0.05) is 6.20 Å². The maximum Gasteiger partial charge on any atom is 0.410 e. The smallest absolute Gasteiger partial charge is 0.410 e. The van der Waals surface area contributed by atoms with E-state index in [1.807, 2.05) is 37.3 Å². The van der Waals surface area contributed by atoms with E-state index in [0.29, 0.717) is 0 Å². The highest BCUT2D eigenvalue weighted by Crippen LogP contribution is 2.20. The van der Waals surface area contributed by atoms with Crippen LogP contribution in [0.2, 0.25) is 5.02 Å². The topological polar surface area (TPSA) is 156 Å². The summed E-state index contributed by atoms with van der Waals surface area (Å²) < 4.78 is 2.66. The van der Waals surface area contributed by atoms with Crippen LogP contribution in [0.1, 0.15) is 29.0 Å². The Bertz CT molecular complexity index is 1370. The summed E-state index contributed by atoms with van der Waals surface area (Å²) in [6, 6.07) is 10.6. The van der Waals surface area contributed by atoms with Crippen LogP contribution in [-0.4, -0.2) is 47.2 Å². The predicted octanol–water partition coefficient (Wildman–Crippen LogP) is 2.63. The minimum absolute atomic E-state index is 0.000317. The Hall–Kier alpha value is -4.45. The zero-order valence-corrected chi connectivity index (χ0v) is 18.5. The molecule has 0 saturated heterocycles. The Morgan fingerprint density at radius 1 is 1.12 bits per heavy atom. The molecule has 0 saturated carbocycles. The molecule has 3 amide bonds. The summed E-state index contributed by atoms with van der Waals surface area (Å²) in [5.41, 5.74) is 4.04. The van der Waals surface area contributed by atoms with Gasteiger partial charge in [-0.25, -0.2) is 19.7 Å². The average Bonchev–Trinajstić information content (AvgIpc) is 3.37. The van der Waals surface area contributed by atoms with Crippen LogP contribution in [0.5, 0.6) is 0 Å². The number of anilines is 1. The van der Waals surface area contributed by atoms with Crippen molar-refractivity contribution in [3.63, 3.8) is 0 Å². The number of amides is 3. The second-order valence-corrected chi connectivity index (χ2v) is 7.63. The van der Waals surface area contributed by atoms with Gasteiger partial charge in [-0.05, 0) is 18.6 Å². The number of nitrogens with zero attached hydrogens (tertiary/aromatic N) is 5. The maximum absolute atomic E-state index is 12.9. The van der Waals surface area contributed by atoms with Crippen molar-refractivity contribution in [3.8, 4) is 0 Å². The van der Waals surface area contributed by atoms with Crippen molar-refractivity contribution < 1.29 is 19.5 Å². The number of aromatic nitrogens is 5. The number of carbonyl (C=O) groups is 3. The Balaban J connectivity index is 1.48. The molecule has 0 spiro atoms. The van der Waals surface area contributed by atoms with E-state index >= 15 is 0 Å². The number of fused-ring (bicyclic) bond motifs is 1. The van der Waals surface area contributed by atoms with Crippen molar-refractivity contribution in [1.29, 1.82) is 0 Å². The third-order valence-electron chi connectivity index (χ3n) is 4.88. The molecule has 0 aliphatic carbocycles. The molecule has 0 aliphatic rings. The molecule has 4 N–H and O–H groups in total. The van der Waals surface area contributed by atoms with Crippen molar-refractivity contribution in [3.05, 3.63) is 71.5 Å². The first-order valence-electron chi connectivity index (χ1n) is 10.0. The van der Waals surface area contributed by atoms with Crippen LogP contribution in [0, 0.1) is 0 Å². The third kappa shape index (κ3) is 4.81. The lowest BCUT2D eigenvalue weighted by atomic mass is 10.1. The number of hydrogen-bond donors (Lipinski definition) is 4. The number of nitrogens with one attached hydrogen (secondary N) is 3. The first-order chi connectivity index (χ1) is 16.3. The monoisotopic (exact) mass is 482 g/mol. The fourth-order valence-electron chi connectivity index (χ4n) is 3.32. The van der Waals surface area contributed by atoms with Gasteiger partial charge in [-0.1, -0.05) is 41.9 Å². The van der Waals surface area contributed by atoms with E-state index < -0.39 is 17.9 Å². The molecule has 4 rings (SSSR count). The molecule has 3 aromatic heterocycles. The van der Waals surface area contributed by atoms with E-state index in [2.05, 4.69) is 31.0 Å². The van der Waals surface area contributed by atoms with Gasteiger partial charge >= 0.3 is 6.09 Å². The third-order valence-corrected chi connectivity index (χ3v) is 5.19. The number of carbonyl (C=O) groups excluding carboxylic acids is 2.